The standard InChI is InChI=1S/C12H21ClN4/c1-6-9-10(7-2)16-17-11(14-9)15-12(4,5)8(3)13/h8H,6-7H2,1-5H3,(H,14,15,17). The van der Waals surface area contributed by atoms with Crippen LogP contribution in [0.15, 0.2) is 0 Å². The van der Waals surface area contributed by atoms with Gasteiger partial charge in [0.25, 0.3) is 0 Å². The van der Waals surface area contributed by atoms with E-state index in [2.05, 4.69) is 34.3 Å². The summed E-state index contributed by atoms with van der Waals surface area (Å²) in [6, 6.07) is 0. The summed E-state index contributed by atoms with van der Waals surface area (Å²) in [5, 5.41) is 11.5. The van der Waals surface area contributed by atoms with Crippen molar-refractivity contribution in [3.63, 3.8) is 0 Å². The molecule has 0 saturated carbocycles. The molecule has 1 aromatic rings. The molecule has 0 bridgehead atoms. The maximum Gasteiger partial charge on any atom is 0.243 e. The third kappa shape index (κ3) is 3.53. The van der Waals surface area contributed by atoms with Gasteiger partial charge in [0.15, 0.2) is 0 Å². The molecular formula is C12H21ClN4. The maximum atomic E-state index is 6.11. The summed E-state index contributed by atoms with van der Waals surface area (Å²) in [4.78, 5) is 4.49. The zero-order valence-corrected chi connectivity index (χ0v) is 12.0. The molecular weight excluding hydrogens is 236 g/mol. The fourth-order valence-electron chi connectivity index (χ4n) is 1.38. The predicted octanol–water partition coefficient (Wildman–Crippen LogP) is 2.81. The lowest BCUT2D eigenvalue weighted by molar-refractivity contribution is 0.546. The number of rotatable bonds is 5. The fraction of sp³-hybridized carbons (Fsp3) is 0.750. The molecule has 0 radical (unpaired) electrons. The van der Waals surface area contributed by atoms with E-state index in [0.29, 0.717) is 5.95 Å². The molecule has 0 fully saturated rings. The first-order valence-electron chi connectivity index (χ1n) is 6.05. The van der Waals surface area contributed by atoms with Crippen molar-refractivity contribution < 1.29 is 0 Å². The quantitative estimate of drug-likeness (QED) is 0.823. The van der Waals surface area contributed by atoms with Gasteiger partial charge in [-0.3, -0.25) is 0 Å². The fourth-order valence-corrected chi connectivity index (χ4v) is 1.43. The molecule has 1 unspecified atom stereocenters. The van der Waals surface area contributed by atoms with Gasteiger partial charge in [0.2, 0.25) is 5.95 Å². The molecule has 96 valence electrons. The highest BCUT2D eigenvalue weighted by atomic mass is 35.5. The second-order valence-corrected chi connectivity index (χ2v) is 5.35. The zero-order chi connectivity index (χ0) is 13.1. The zero-order valence-electron chi connectivity index (χ0n) is 11.2. The second-order valence-electron chi connectivity index (χ2n) is 4.70. The van der Waals surface area contributed by atoms with Crippen LogP contribution in [0.4, 0.5) is 5.95 Å². The highest BCUT2D eigenvalue weighted by Gasteiger charge is 2.25. The van der Waals surface area contributed by atoms with Gasteiger partial charge in [0.1, 0.15) is 0 Å². The Bertz CT molecular complexity index is 377. The normalized spacial score (nSPS) is 13.5. The molecule has 1 rings (SSSR count). The molecule has 0 aromatic carbocycles. The van der Waals surface area contributed by atoms with E-state index < -0.39 is 0 Å². The minimum atomic E-state index is -0.262. The van der Waals surface area contributed by atoms with Crippen LogP contribution < -0.4 is 5.32 Å². The Hall–Kier alpha value is -0.900. The molecule has 1 aromatic heterocycles. The highest BCUT2D eigenvalue weighted by Crippen LogP contribution is 2.19. The van der Waals surface area contributed by atoms with E-state index in [1.165, 1.54) is 0 Å². The van der Waals surface area contributed by atoms with Gasteiger partial charge in [-0.25, -0.2) is 4.98 Å². The van der Waals surface area contributed by atoms with E-state index in [0.717, 1.165) is 24.2 Å². The van der Waals surface area contributed by atoms with Crippen LogP contribution in [0.25, 0.3) is 0 Å². The summed E-state index contributed by atoms with van der Waals surface area (Å²) in [5.74, 6) is 0.552. The lowest BCUT2D eigenvalue weighted by Gasteiger charge is -2.28. The van der Waals surface area contributed by atoms with Crippen molar-refractivity contribution in [2.45, 2.75) is 58.4 Å². The van der Waals surface area contributed by atoms with E-state index in [4.69, 9.17) is 11.6 Å². The number of hydrogen-bond donors (Lipinski definition) is 1. The van der Waals surface area contributed by atoms with Gasteiger partial charge in [-0.05, 0) is 33.6 Å². The average molecular weight is 257 g/mol. The van der Waals surface area contributed by atoms with Crippen LogP contribution in [-0.4, -0.2) is 26.1 Å². The van der Waals surface area contributed by atoms with Crippen LogP contribution in [0.3, 0.4) is 0 Å². The third-order valence-electron chi connectivity index (χ3n) is 2.94. The highest BCUT2D eigenvalue weighted by molar-refractivity contribution is 6.21. The van der Waals surface area contributed by atoms with Crippen molar-refractivity contribution in [1.82, 2.24) is 15.2 Å². The van der Waals surface area contributed by atoms with E-state index in [1.54, 1.807) is 0 Å². The van der Waals surface area contributed by atoms with Crippen molar-refractivity contribution in [3.8, 4) is 0 Å². The van der Waals surface area contributed by atoms with Crippen LogP contribution in [0.5, 0.6) is 0 Å². The second kappa shape index (κ2) is 5.63. The number of nitrogens with one attached hydrogen (secondary N) is 1. The molecule has 1 atom stereocenters. The average Bonchev–Trinajstić information content (AvgIpc) is 2.28. The molecule has 17 heavy (non-hydrogen) atoms. The van der Waals surface area contributed by atoms with Gasteiger partial charge in [-0.1, -0.05) is 13.8 Å². The molecule has 5 heteroatoms. The SMILES string of the molecule is CCc1nnc(NC(C)(C)C(C)Cl)nc1CC. The van der Waals surface area contributed by atoms with Crippen LogP contribution in [0, 0.1) is 0 Å². The summed E-state index contributed by atoms with van der Waals surface area (Å²) in [6.07, 6.45) is 1.73. The number of nitrogens with zero attached hydrogens (tertiary/aromatic N) is 3. The van der Waals surface area contributed by atoms with Crippen molar-refractivity contribution in [3.05, 3.63) is 11.4 Å². The van der Waals surface area contributed by atoms with Crippen LogP contribution in [0.1, 0.15) is 46.0 Å². The van der Waals surface area contributed by atoms with Crippen LogP contribution in [0.2, 0.25) is 0 Å². The largest absolute Gasteiger partial charge is 0.347 e. The lowest BCUT2D eigenvalue weighted by Crippen LogP contribution is -2.39. The first kappa shape index (κ1) is 14.2. The summed E-state index contributed by atoms with van der Waals surface area (Å²) in [7, 11) is 0. The minimum Gasteiger partial charge on any atom is -0.347 e. The number of alkyl halides is 1. The molecule has 0 aliphatic heterocycles. The molecule has 0 amide bonds. The Balaban J connectivity index is 2.93. The molecule has 4 nitrogen and oxygen atoms in total. The summed E-state index contributed by atoms with van der Waals surface area (Å²) in [5.41, 5.74) is 1.71. The molecule has 0 saturated heterocycles. The lowest BCUT2D eigenvalue weighted by atomic mass is 10.0. The Morgan fingerprint density at radius 1 is 1.18 bits per heavy atom. The third-order valence-corrected chi connectivity index (χ3v) is 3.48. The van der Waals surface area contributed by atoms with Crippen LogP contribution in [-0.2, 0) is 12.8 Å². The van der Waals surface area contributed by atoms with E-state index in [9.17, 15) is 0 Å². The number of aromatic nitrogens is 3. The monoisotopic (exact) mass is 256 g/mol. The van der Waals surface area contributed by atoms with Gasteiger partial charge >= 0.3 is 0 Å². The van der Waals surface area contributed by atoms with E-state index in [-0.39, 0.29) is 10.9 Å². The van der Waals surface area contributed by atoms with Crippen LogP contribution >= 0.6 is 11.6 Å². The first-order chi connectivity index (χ1) is 7.90. The predicted molar refractivity (Wildman–Crippen MR) is 71.6 cm³/mol. The number of hydrogen-bond acceptors (Lipinski definition) is 4. The maximum absolute atomic E-state index is 6.11. The summed E-state index contributed by atoms with van der Waals surface area (Å²) in [6.45, 7) is 10.1. The van der Waals surface area contributed by atoms with Gasteiger partial charge in [0.05, 0.1) is 22.3 Å². The molecule has 1 N–H and O–H groups in total. The van der Waals surface area contributed by atoms with Crippen molar-refractivity contribution in [2.24, 2.45) is 0 Å². The molecule has 0 aliphatic rings. The van der Waals surface area contributed by atoms with Crippen molar-refractivity contribution in [2.75, 3.05) is 5.32 Å². The Morgan fingerprint density at radius 3 is 2.24 bits per heavy atom. The van der Waals surface area contributed by atoms with Gasteiger partial charge in [-0.15, -0.1) is 16.7 Å². The Morgan fingerprint density at radius 2 is 1.76 bits per heavy atom. The van der Waals surface area contributed by atoms with Gasteiger partial charge in [0, 0.05) is 0 Å². The summed E-state index contributed by atoms with van der Waals surface area (Å²) >= 11 is 6.11. The molecule has 1 heterocycles. The summed E-state index contributed by atoms with van der Waals surface area (Å²) < 4.78 is 0. The number of aryl methyl sites for hydroxylation is 2. The first-order valence-corrected chi connectivity index (χ1v) is 6.49. The number of anilines is 1. The van der Waals surface area contributed by atoms with Crippen molar-refractivity contribution in [1.29, 1.82) is 0 Å². The minimum absolute atomic E-state index is 0.0259. The van der Waals surface area contributed by atoms with Crippen molar-refractivity contribution >= 4 is 17.5 Å². The van der Waals surface area contributed by atoms with E-state index in [1.807, 2.05) is 20.8 Å². The van der Waals surface area contributed by atoms with Gasteiger partial charge < -0.3 is 5.32 Å². The Kier molecular flexibility index (Phi) is 4.69. The van der Waals surface area contributed by atoms with Gasteiger partial charge in [-0.2, -0.15) is 5.10 Å². The topological polar surface area (TPSA) is 50.7 Å². The number of halogens is 1. The smallest absolute Gasteiger partial charge is 0.243 e. The van der Waals surface area contributed by atoms with E-state index >= 15 is 0 Å². The molecule has 0 aliphatic carbocycles. The Labute approximate surface area is 108 Å². The molecule has 0 spiro atoms.